The van der Waals surface area contributed by atoms with E-state index in [0.717, 1.165) is 5.52 Å². The van der Waals surface area contributed by atoms with Crippen LogP contribution in [0.5, 0.6) is 0 Å². The Labute approximate surface area is 151 Å². The lowest BCUT2D eigenvalue weighted by Crippen LogP contribution is -1.87. The van der Waals surface area contributed by atoms with Gasteiger partial charge in [0.05, 0.1) is 31.5 Å². The Morgan fingerprint density at radius 3 is 2.17 bits per heavy atom. The number of hydrogen-bond acceptors (Lipinski definition) is 4. The highest BCUT2D eigenvalue weighted by atomic mass is 32.1. The van der Waals surface area contributed by atoms with Crippen LogP contribution in [0.2, 0.25) is 0 Å². The topological polar surface area (TPSA) is 25.8 Å². The van der Waals surface area contributed by atoms with Crippen LogP contribution in [-0.4, -0.2) is 9.97 Å². The summed E-state index contributed by atoms with van der Waals surface area (Å²) in [6, 6.07) is 12.7. The third-order valence-electron chi connectivity index (χ3n) is 4.02. The van der Waals surface area contributed by atoms with E-state index in [1.54, 1.807) is 22.7 Å². The van der Waals surface area contributed by atoms with Crippen molar-refractivity contribution in [3.05, 3.63) is 58.5 Å². The maximum atomic E-state index is 4.36. The number of para-hydroxylation sites is 1. The van der Waals surface area contributed by atoms with Crippen molar-refractivity contribution in [2.45, 2.75) is 39.5 Å². The molecule has 0 radical (unpaired) electrons. The van der Waals surface area contributed by atoms with E-state index in [2.05, 4.69) is 74.1 Å². The molecule has 0 aliphatic rings. The van der Waals surface area contributed by atoms with Gasteiger partial charge in [0.2, 0.25) is 0 Å². The summed E-state index contributed by atoms with van der Waals surface area (Å²) in [5, 5.41) is 0. The molecule has 0 atom stereocenters. The first-order valence-corrected chi connectivity index (χ1v) is 9.98. The molecular weight excluding hydrogens is 332 g/mol. The second-order valence-electron chi connectivity index (χ2n) is 6.40. The highest BCUT2D eigenvalue weighted by molar-refractivity contribution is 7.17. The van der Waals surface area contributed by atoms with Gasteiger partial charge in [-0.1, -0.05) is 52.0 Å². The minimum atomic E-state index is 0.566. The summed E-state index contributed by atoms with van der Waals surface area (Å²) >= 11 is 3.44. The van der Waals surface area contributed by atoms with Crippen LogP contribution in [0.25, 0.3) is 20.4 Å². The van der Waals surface area contributed by atoms with Gasteiger partial charge in [0, 0.05) is 0 Å². The van der Waals surface area contributed by atoms with Gasteiger partial charge in [-0.15, -0.1) is 22.7 Å². The third kappa shape index (κ3) is 3.50. The molecule has 0 saturated heterocycles. The number of nitrogens with zero attached hydrogens (tertiary/aromatic N) is 2. The summed E-state index contributed by atoms with van der Waals surface area (Å²) in [5.41, 5.74) is 8.90. The minimum absolute atomic E-state index is 0.566. The largest absolute Gasteiger partial charge is 0.245 e. The highest BCUT2D eigenvalue weighted by Gasteiger charge is 2.06. The summed E-state index contributed by atoms with van der Waals surface area (Å²) < 4.78 is 2.63. The molecule has 24 heavy (non-hydrogen) atoms. The molecule has 0 unspecified atom stereocenters. The zero-order valence-corrected chi connectivity index (χ0v) is 16.1. The molecule has 0 N–H and O–H groups in total. The number of hydrogen-bond donors (Lipinski definition) is 0. The van der Waals surface area contributed by atoms with Crippen LogP contribution in [0.15, 0.2) is 47.4 Å². The van der Waals surface area contributed by atoms with Gasteiger partial charge in [0.25, 0.3) is 0 Å². The van der Waals surface area contributed by atoms with E-state index < -0.39 is 0 Å². The molecule has 124 valence electrons. The number of benzene rings is 2. The average Bonchev–Trinajstić information content (AvgIpc) is 3.23. The highest BCUT2D eigenvalue weighted by Crippen LogP contribution is 2.28. The maximum Gasteiger partial charge on any atom is 0.0846 e. The van der Waals surface area contributed by atoms with Crippen LogP contribution >= 0.6 is 22.7 Å². The predicted molar refractivity (Wildman–Crippen MR) is 107 cm³/mol. The van der Waals surface area contributed by atoms with Gasteiger partial charge in [0.1, 0.15) is 0 Å². The lowest BCUT2D eigenvalue weighted by Gasteiger charge is -2.04. The van der Waals surface area contributed by atoms with Gasteiger partial charge < -0.3 is 0 Å². The van der Waals surface area contributed by atoms with Gasteiger partial charge in [-0.2, -0.15) is 0 Å². The molecule has 2 aromatic carbocycles. The second-order valence-corrected chi connectivity index (χ2v) is 8.14. The molecule has 0 spiro atoms. The van der Waals surface area contributed by atoms with E-state index in [1.165, 1.54) is 26.0 Å². The molecule has 4 aromatic rings. The van der Waals surface area contributed by atoms with Gasteiger partial charge in [-0.25, -0.2) is 9.97 Å². The fourth-order valence-corrected chi connectivity index (χ4v) is 4.40. The Balaban J connectivity index is 0.000000141. The second kappa shape index (κ2) is 7.41. The molecule has 4 heteroatoms. The maximum absolute atomic E-state index is 4.36. The van der Waals surface area contributed by atoms with Crippen molar-refractivity contribution in [2.75, 3.05) is 0 Å². The van der Waals surface area contributed by atoms with Crippen LogP contribution in [0, 0.1) is 0 Å². The summed E-state index contributed by atoms with van der Waals surface area (Å²) in [7, 11) is 0. The van der Waals surface area contributed by atoms with E-state index in [0.29, 0.717) is 11.8 Å². The Kier molecular flexibility index (Phi) is 5.27. The lowest BCUT2D eigenvalue weighted by atomic mass is 10.0. The van der Waals surface area contributed by atoms with E-state index in [4.69, 9.17) is 0 Å². The number of aromatic nitrogens is 2. The molecule has 0 amide bonds. The van der Waals surface area contributed by atoms with Crippen molar-refractivity contribution >= 4 is 43.1 Å². The first-order valence-electron chi connectivity index (χ1n) is 8.22. The molecule has 0 saturated carbocycles. The Morgan fingerprint density at radius 2 is 1.42 bits per heavy atom. The zero-order chi connectivity index (χ0) is 17.1. The summed E-state index contributed by atoms with van der Waals surface area (Å²) in [5.74, 6) is 1.16. The van der Waals surface area contributed by atoms with E-state index in [9.17, 15) is 0 Å². The molecule has 2 heterocycles. The van der Waals surface area contributed by atoms with Crippen molar-refractivity contribution in [1.29, 1.82) is 0 Å². The van der Waals surface area contributed by atoms with Crippen molar-refractivity contribution < 1.29 is 0 Å². The molecule has 2 aromatic heterocycles. The molecule has 2 nitrogen and oxygen atoms in total. The summed E-state index contributed by atoms with van der Waals surface area (Å²) in [6.45, 7) is 8.84. The Morgan fingerprint density at radius 1 is 0.750 bits per heavy atom. The average molecular weight is 355 g/mol. The Hall–Kier alpha value is -1.78. The number of rotatable bonds is 2. The van der Waals surface area contributed by atoms with Crippen molar-refractivity contribution in [1.82, 2.24) is 9.97 Å². The van der Waals surface area contributed by atoms with Crippen molar-refractivity contribution in [3.8, 4) is 0 Å². The fraction of sp³-hybridized carbons (Fsp3) is 0.300. The van der Waals surface area contributed by atoms with Crippen molar-refractivity contribution in [2.24, 2.45) is 0 Å². The summed E-state index contributed by atoms with van der Waals surface area (Å²) in [4.78, 5) is 8.64. The Bertz CT molecular complexity index is 857. The predicted octanol–water partition coefficient (Wildman–Crippen LogP) is 6.84. The van der Waals surface area contributed by atoms with E-state index >= 15 is 0 Å². The lowest BCUT2D eigenvalue weighted by molar-refractivity contribution is 0.873. The van der Waals surface area contributed by atoms with Crippen LogP contribution < -0.4 is 0 Å². The normalized spacial score (nSPS) is 11.2. The third-order valence-corrected chi connectivity index (χ3v) is 5.71. The zero-order valence-electron chi connectivity index (χ0n) is 14.5. The van der Waals surface area contributed by atoms with Crippen LogP contribution in [0.3, 0.4) is 0 Å². The quantitative estimate of drug-likeness (QED) is 0.394. The molecular formula is C20H22N2S2. The monoisotopic (exact) mass is 354 g/mol. The first-order chi connectivity index (χ1) is 11.6. The number of thiazole rings is 2. The smallest absolute Gasteiger partial charge is 0.0846 e. The van der Waals surface area contributed by atoms with Gasteiger partial charge in [0.15, 0.2) is 0 Å². The van der Waals surface area contributed by atoms with E-state index in [-0.39, 0.29) is 0 Å². The SMILES string of the molecule is CC(C)c1cccc2ncsc12.CC(C)c1cccc2scnc12. The van der Waals surface area contributed by atoms with Crippen molar-refractivity contribution in [3.63, 3.8) is 0 Å². The van der Waals surface area contributed by atoms with Crippen LogP contribution in [0.4, 0.5) is 0 Å². The molecule has 4 rings (SSSR count). The molecule has 0 aliphatic heterocycles. The van der Waals surface area contributed by atoms with Crippen LogP contribution in [0.1, 0.15) is 50.7 Å². The molecule has 0 aliphatic carbocycles. The van der Waals surface area contributed by atoms with E-state index in [1.807, 2.05) is 11.0 Å². The molecule has 0 bridgehead atoms. The van der Waals surface area contributed by atoms with Gasteiger partial charge >= 0.3 is 0 Å². The first kappa shape index (κ1) is 17.1. The van der Waals surface area contributed by atoms with Crippen LogP contribution in [-0.2, 0) is 0 Å². The van der Waals surface area contributed by atoms with Gasteiger partial charge in [-0.05, 0) is 35.1 Å². The standard InChI is InChI=1S/2C10H11NS/c1-7(2)8-4-3-5-9-10(8)11-6-12-9;1-7(2)8-4-3-5-9-10(8)12-6-11-9/h2*3-7H,1-2H3. The molecule has 0 fully saturated rings. The number of fused-ring (bicyclic) bond motifs is 2. The summed E-state index contributed by atoms with van der Waals surface area (Å²) in [6.07, 6.45) is 0. The fourth-order valence-electron chi connectivity index (χ4n) is 2.74. The minimum Gasteiger partial charge on any atom is -0.245 e. The van der Waals surface area contributed by atoms with Gasteiger partial charge in [-0.3, -0.25) is 0 Å².